The fraction of sp³-hybridized carbons (Fsp3) is 0.429. The van der Waals surface area contributed by atoms with Crippen LogP contribution in [0.1, 0.15) is 29.9 Å². The summed E-state index contributed by atoms with van der Waals surface area (Å²) in [6.45, 7) is 0.585. The van der Waals surface area contributed by atoms with E-state index in [-0.39, 0.29) is 0 Å². The summed E-state index contributed by atoms with van der Waals surface area (Å²) in [6, 6.07) is 6.83. The highest BCUT2D eigenvalue weighted by Crippen LogP contribution is 2.29. The van der Waals surface area contributed by atoms with E-state index < -0.39 is 0 Å². The van der Waals surface area contributed by atoms with Crippen molar-refractivity contribution in [2.24, 2.45) is 0 Å². The number of hydrogen-bond acceptors (Lipinski definition) is 5. The monoisotopic (exact) mass is 258 g/mol. The number of nitrogens with one attached hydrogen (secondary N) is 2. The fourth-order valence-corrected chi connectivity index (χ4v) is 2.54. The Labute approximate surface area is 112 Å². The zero-order chi connectivity index (χ0) is 13.1. The van der Waals surface area contributed by atoms with Gasteiger partial charge in [-0.3, -0.25) is 0 Å². The zero-order valence-electron chi connectivity index (χ0n) is 11.1. The minimum atomic E-state index is 0.462. The third-order valence-corrected chi connectivity index (χ3v) is 3.43. The van der Waals surface area contributed by atoms with Crippen LogP contribution >= 0.6 is 0 Å². The van der Waals surface area contributed by atoms with E-state index in [1.807, 2.05) is 7.05 Å². The van der Waals surface area contributed by atoms with Crippen molar-refractivity contribution < 1.29 is 4.42 Å². The molecule has 0 bridgehead atoms. The van der Waals surface area contributed by atoms with Crippen LogP contribution in [0.15, 0.2) is 22.6 Å². The summed E-state index contributed by atoms with van der Waals surface area (Å²) in [5.41, 5.74) is 3.92. The standard InChI is InChI=1S/C14H18N4O/c1-15-9-13-17-18-14(19-13)16-12-8-4-6-10-5-2-3-7-11(10)12/h4,6,8,15H,2-3,5,7,9H2,1H3,(H,16,18). The Hall–Kier alpha value is -1.88. The van der Waals surface area contributed by atoms with Crippen LogP contribution in [0.5, 0.6) is 0 Å². The largest absolute Gasteiger partial charge is 0.406 e. The van der Waals surface area contributed by atoms with Gasteiger partial charge in [0.25, 0.3) is 0 Å². The molecule has 0 radical (unpaired) electrons. The molecular weight excluding hydrogens is 240 g/mol. The smallest absolute Gasteiger partial charge is 0.320 e. The van der Waals surface area contributed by atoms with Crippen molar-refractivity contribution in [2.75, 3.05) is 12.4 Å². The first-order chi connectivity index (χ1) is 9.36. The van der Waals surface area contributed by atoms with E-state index in [0.717, 1.165) is 12.1 Å². The lowest BCUT2D eigenvalue weighted by atomic mass is 9.90. The zero-order valence-corrected chi connectivity index (χ0v) is 11.1. The Morgan fingerprint density at radius 1 is 1.21 bits per heavy atom. The maximum atomic E-state index is 5.52. The predicted octanol–water partition coefficient (Wildman–Crippen LogP) is 2.41. The molecule has 0 atom stereocenters. The molecule has 0 spiro atoms. The first-order valence-electron chi connectivity index (χ1n) is 6.71. The summed E-state index contributed by atoms with van der Waals surface area (Å²) in [5.74, 6) is 0.592. The molecule has 0 fully saturated rings. The highest BCUT2D eigenvalue weighted by Gasteiger charge is 2.14. The maximum Gasteiger partial charge on any atom is 0.320 e. The minimum absolute atomic E-state index is 0.462. The first-order valence-corrected chi connectivity index (χ1v) is 6.71. The Morgan fingerprint density at radius 3 is 3.00 bits per heavy atom. The molecule has 1 aromatic heterocycles. The van der Waals surface area contributed by atoms with Gasteiger partial charge in [-0.15, -0.1) is 5.10 Å². The fourth-order valence-electron chi connectivity index (χ4n) is 2.54. The number of anilines is 2. The highest BCUT2D eigenvalue weighted by molar-refractivity contribution is 5.60. The van der Waals surface area contributed by atoms with Crippen molar-refractivity contribution in [1.82, 2.24) is 15.5 Å². The molecule has 1 aromatic carbocycles. The van der Waals surface area contributed by atoms with Crippen molar-refractivity contribution >= 4 is 11.7 Å². The molecule has 1 aliphatic carbocycles. The van der Waals surface area contributed by atoms with E-state index in [1.165, 1.54) is 30.4 Å². The molecule has 5 heteroatoms. The summed E-state index contributed by atoms with van der Waals surface area (Å²) in [6.07, 6.45) is 4.82. The van der Waals surface area contributed by atoms with Crippen molar-refractivity contribution in [2.45, 2.75) is 32.2 Å². The second-order valence-electron chi connectivity index (χ2n) is 4.81. The van der Waals surface area contributed by atoms with E-state index in [0.29, 0.717) is 18.5 Å². The molecule has 1 aliphatic rings. The second-order valence-corrected chi connectivity index (χ2v) is 4.81. The molecule has 0 amide bonds. The average molecular weight is 258 g/mol. The number of fused-ring (bicyclic) bond motifs is 1. The predicted molar refractivity (Wildman–Crippen MR) is 73.4 cm³/mol. The van der Waals surface area contributed by atoms with Gasteiger partial charge in [0.2, 0.25) is 5.89 Å². The number of aromatic nitrogens is 2. The van der Waals surface area contributed by atoms with Gasteiger partial charge in [-0.2, -0.15) is 0 Å². The van der Waals surface area contributed by atoms with Crippen molar-refractivity contribution in [3.8, 4) is 0 Å². The second kappa shape index (κ2) is 5.40. The molecule has 3 rings (SSSR count). The molecule has 0 saturated carbocycles. The van der Waals surface area contributed by atoms with Gasteiger partial charge < -0.3 is 15.1 Å². The summed E-state index contributed by atoms with van der Waals surface area (Å²) >= 11 is 0. The molecule has 2 aromatic rings. The number of aryl methyl sites for hydroxylation is 1. The molecular formula is C14H18N4O. The van der Waals surface area contributed by atoms with Crippen LogP contribution in [-0.2, 0) is 19.4 Å². The third-order valence-electron chi connectivity index (χ3n) is 3.43. The molecule has 1 heterocycles. The number of nitrogens with zero attached hydrogens (tertiary/aromatic N) is 2. The first kappa shape index (κ1) is 12.2. The van der Waals surface area contributed by atoms with E-state index in [1.54, 1.807) is 0 Å². The Kier molecular flexibility index (Phi) is 3.46. The van der Waals surface area contributed by atoms with Gasteiger partial charge in [0.15, 0.2) is 0 Å². The van der Waals surface area contributed by atoms with Gasteiger partial charge in [-0.1, -0.05) is 17.2 Å². The van der Waals surface area contributed by atoms with Crippen LogP contribution in [0.2, 0.25) is 0 Å². The van der Waals surface area contributed by atoms with E-state index in [4.69, 9.17) is 4.42 Å². The van der Waals surface area contributed by atoms with Crippen LogP contribution < -0.4 is 10.6 Å². The molecule has 100 valence electrons. The van der Waals surface area contributed by atoms with Crippen molar-refractivity contribution in [3.63, 3.8) is 0 Å². The van der Waals surface area contributed by atoms with Crippen LogP contribution in [0.3, 0.4) is 0 Å². The highest BCUT2D eigenvalue weighted by atomic mass is 16.4. The molecule has 0 saturated heterocycles. The molecule has 19 heavy (non-hydrogen) atoms. The minimum Gasteiger partial charge on any atom is -0.406 e. The summed E-state index contributed by atoms with van der Waals surface area (Å²) in [7, 11) is 1.85. The lowest BCUT2D eigenvalue weighted by Crippen LogP contribution is -2.06. The summed E-state index contributed by atoms with van der Waals surface area (Å²) in [4.78, 5) is 0. The van der Waals surface area contributed by atoms with Crippen LogP contribution in [0, 0.1) is 0 Å². The number of benzene rings is 1. The molecule has 0 unspecified atom stereocenters. The van der Waals surface area contributed by atoms with Gasteiger partial charge in [0, 0.05) is 5.69 Å². The van der Waals surface area contributed by atoms with Crippen LogP contribution in [0.4, 0.5) is 11.7 Å². The van der Waals surface area contributed by atoms with Gasteiger partial charge >= 0.3 is 6.01 Å². The Balaban J connectivity index is 1.82. The third kappa shape index (κ3) is 2.61. The van der Waals surface area contributed by atoms with Crippen molar-refractivity contribution in [1.29, 1.82) is 0 Å². The maximum absolute atomic E-state index is 5.52. The van der Waals surface area contributed by atoms with E-state index in [2.05, 4.69) is 39.0 Å². The summed E-state index contributed by atoms with van der Waals surface area (Å²) in [5, 5.41) is 14.2. The van der Waals surface area contributed by atoms with E-state index >= 15 is 0 Å². The lowest BCUT2D eigenvalue weighted by molar-refractivity contribution is 0.492. The van der Waals surface area contributed by atoms with Crippen molar-refractivity contribution in [3.05, 3.63) is 35.2 Å². The molecule has 0 aliphatic heterocycles. The average Bonchev–Trinajstić information content (AvgIpc) is 2.87. The van der Waals surface area contributed by atoms with E-state index in [9.17, 15) is 0 Å². The number of hydrogen-bond donors (Lipinski definition) is 2. The van der Waals surface area contributed by atoms with Crippen LogP contribution in [0.25, 0.3) is 0 Å². The molecule has 2 N–H and O–H groups in total. The Morgan fingerprint density at radius 2 is 2.11 bits per heavy atom. The molecule has 5 nitrogen and oxygen atoms in total. The SMILES string of the molecule is CNCc1nnc(Nc2cccc3c2CCCC3)o1. The van der Waals surface area contributed by atoms with Crippen LogP contribution in [-0.4, -0.2) is 17.2 Å². The topological polar surface area (TPSA) is 63.0 Å². The van der Waals surface area contributed by atoms with Gasteiger partial charge in [-0.05, 0) is 49.9 Å². The Bertz CT molecular complexity index is 564. The lowest BCUT2D eigenvalue weighted by Gasteiger charge is -2.18. The van der Waals surface area contributed by atoms with Gasteiger partial charge in [0.1, 0.15) is 0 Å². The van der Waals surface area contributed by atoms with Gasteiger partial charge in [-0.25, -0.2) is 0 Å². The quantitative estimate of drug-likeness (QED) is 0.881. The summed E-state index contributed by atoms with van der Waals surface area (Å²) < 4.78 is 5.52. The number of rotatable bonds is 4. The normalized spacial score (nSPS) is 14.2. The van der Waals surface area contributed by atoms with Gasteiger partial charge in [0.05, 0.1) is 6.54 Å².